The molecule has 0 unspecified atom stereocenters. The summed E-state index contributed by atoms with van der Waals surface area (Å²) in [6.07, 6.45) is 7.95. The predicted octanol–water partition coefficient (Wildman–Crippen LogP) is 1.39. The van der Waals surface area contributed by atoms with Crippen LogP contribution in [-0.2, 0) is 4.74 Å². The van der Waals surface area contributed by atoms with Gasteiger partial charge >= 0.3 is 0 Å². The molecule has 0 amide bonds. The smallest absolute Gasteiger partial charge is 0.134 e. The van der Waals surface area contributed by atoms with Gasteiger partial charge in [-0.1, -0.05) is 0 Å². The van der Waals surface area contributed by atoms with Crippen molar-refractivity contribution >= 4 is 0 Å². The second-order valence-electron chi connectivity index (χ2n) is 4.33. The van der Waals surface area contributed by atoms with Crippen LogP contribution in [-0.4, -0.2) is 26.7 Å². The number of allylic oxidation sites excluding steroid dienone is 1. The molecule has 0 spiro atoms. The van der Waals surface area contributed by atoms with Crippen LogP contribution < -0.4 is 10.6 Å². The molecule has 0 aromatic rings. The first-order valence-electron chi connectivity index (χ1n) is 5.76. The first-order chi connectivity index (χ1) is 7.38. The number of hydrogen-bond acceptors (Lipinski definition) is 3. The molecule has 2 aliphatic heterocycles. The number of rotatable bonds is 3. The van der Waals surface area contributed by atoms with E-state index in [0.717, 1.165) is 18.2 Å². The van der Waals surface area contributed by atoms with Crippen molar-refractivity contribution in [2.75, 3.05) is 26.7 Å². The van der Waals surface area contributed by atoms with Gasteiger partial charge in [0, 0.05) is 12.7 Å². The summed E-state index contributed by atoms with van der Waals surface area (Å²) in [7, 11) is 1.72. The zero-order valence-electron chi connectivity index (χ0n) is 9.38. The van der Waals surface area contributed by atoms with E-state index >= 15 is 0 Å². The highest BCUT2D eigenvalue weighted by molar-refractivity contribution is 5.24. The van der Waals surface area contributed by atoms with Crippen LogP contribution in [0.5, 0.6) is 0 Å². The summed E-state index contributed by atoms with van der Waals surface area (Å²) in [6, 6.07) is 0. The van der Waals surface area contributed by atoms with Crippen molar-refractivity contribution in [3.63, 3.8) is 0 Å². The molecule has 0 atom stereocenters. The first kappa shape index (κ1) is 10.6. The monoisotopic (exact) mass is 208 g/mol. The zero-order valence-corrected chi connectivity index (χ0v) is 9.38. The minimum atomic E-state index is 0.857. The van der Waals surface area contributed by atoms with Gasteiger partial charge < -0.3 is 15.4 Å². The lowest BCUT2D eigenvalue weighted by atomic mass is 9.90. The summed E-state index contributed by atoms with van der Waals surface area (Å²) in [5.74, 6) is 1.81. The predicted molar refractivity (Wildman–Crippen MR) is 61.4 cm³/mol. The highest BCUT2D eigenvalue weighted by Crippen LogP contribution is 2.22. The second kappa shape index (κ2) is 5.21. The maximum atomic E-state index is 5.22. The molecule has 0 saturated carbocycles. The fourth-order valence-electron chi connectivity index (χ4n) is 2.28. The van der Waals surface area contributed by atoms with E-state index in [0.29, 0.717) is 0 Å². The third-order valence-electron chi connectivity index (χ3n) is 3.17. The molecule has 2 N–H and O–H groups in total. The Morgan fingerprint density at radius 1 is 1.40 bits per heavy atom. The lowest BCUT2D eigenvalue weighted by Gasteiger charge is -2.25. The van der Waals surface area contributed by atoms with Crippen LogP contribution >= 0.6 is 0 Å². The number of piperidine rings is 1. The van der Waals surface area contributed by atoms with Crippen molar-refractivity contribution < 1.29 is 4.74 Å². The van der Waals surface area contributed by atoms with Crippen LogP contribution in [0.3, 0.4) is 0 Å². The molecule has 15 heavy (non-hydrogen) atoms. The van der Waals surface area contributed by atoms with Gasteiger partial charge in [-0.15, -0.1) is 0 Å². The number of hydrogen-bond donors (Lipinski definition) is 2. The molecule has 2 aliphatic rings. The summed E-state index contributed by atoms with van der Waals surface area (Å²) >= 11 is 0. The Morgan fingerprint density at radius 2 is 2.20 bits per heavy atom. The molecule has 0 radical (unpaired) electrons. The third kappa shape index (κ3) is 2.99. The molecule has 1 fully saturated rings. The van der Waals surface area contributed by atoms with Gasteiger partial charge in [-0.05, 0) is 49.9 Å². The van der Waals surface area contributed by atoms with Crippen LogP contribution in [0.15, 0.2) is 23.6 Å². The van der Waals surface area contributed by atoms with Gasteiger partial charge in [0.25, 0.3) is 0 Å². The molecule has 3 nitrogen and oxygen atoms in total. The minimum Gasteiger partial charge on any atom is -0.495 e. The lowest BCUT2D eigenvalue weighted by Crippen LogP contribution is -2.29. The van der Waals surface area contributed by atoms with Crippen LogP contribution in [0.2, 0.25) is 0 Å². The third-order valence-corrected chi connectivity index (χ3v) is 3.17. The Bertz CT molecular complexity index is 265. The van der Waals surface area contributed by atoms with Crippen molar-refractivity contribution in [3.05, 3.63) is 23.6 Å². The van der Waals surface area contributed by atoms with E-state index in [9.17, 15) is 0 Å². The summed E-state index contributed by atoms with van der Waals surface area (Å²) in [6.45, 7) is 3.34. The van der Waals surface area contributed by atoms with E-state index in [2.05, 4.69) is 16.7 Å². The standard InChI is InChI=1S/C12H20N2O/c1-15-12-7-11(8-14-9-12)6-10-2-4-13-5-3-10/h7,9-10,13-14H,2-6,8H2,1H3. The molecule has 84 valence electrons. The van der Waals surface area contributed by atoms with E-state index in [-0.39, 0.29) is 0 Å². The number of nitrogens with one attached hydrogen (secondary N) is 2. The van der Waals surface area contributed by atoms with Crippen molar-refractivity contribution in [2.45, 2.75) is 19.3 Å². The van der Waals surface area contributed by atoms with E-state index in [1.165, 1.54) is 37.9 Å². The van der Waals surface area contributed by atoms with Gasteiger partial charge in [-0.25, -0.2) is 0 Å². The summed E-state index contributed by atoms with van der Waals surface area (Å²) in [5, 5.41) is 6.66. The Labute approximate surface area is 91.6 Å². The van der Waals surface area contributed by atoms with Crippen molar-refractivity contribution in [1.82, 2.24) is 10.6 Å². The molecule has 0 aromatic heterocycles. The Kier molecular flexibility index (Phi) is 3.67. The minimum absolute atomic E-state index is 0.857. The van der Waals surface area contributed by atoms with E-state index in [1.807, 2.05) is 6.20 Å². The molecule has 0 aromatic carbocycles. The number of dihydropyridines is 1. The Morgan fingerprint density at radius 3 is 2.93 bits per heavy atom. The van der Waals surface area contributed by atoms with Crippen LogP contribution in [0.4, 0.5) is 0 Å². The first-order valence-corrected chi connectivity index (χ1v) is 5.76. The van der Waals surface area contributed by atoms with E-state index < -0.39 is 0 Å². The lowest BCUT2D eigenvalue weighted by molar-refractivity contribution is 0.300. The van der Waals surface area contributed by atoms with Gasteiger partial charge in [0.15, 0.2) is 0 Å². The summed E-state index contributed by atoms with van der Waals surface area (Å²) in [5.41, 5.74) is 1.47. The van der Waals surface area contributed by atoms with Gasteiger partial charge in [0.1, 0.15) is 5.76 Å². The average molecular weight is 208 g/mol. The molecular formula is C12H20N2O. The maximum Gasteiger partial charge on any atom is 0.134 e. The molecule has 0 aliphatic carbocycles. The fourth-order valence-corrected chi connectivity index (χ4v) is 2.28. The van der Waals surface area contributed by atoms with Crippen molar-refractivity contribution in [1.29, 1.82) is 0 Å². The Balaban J connectivity index is 1.88. The van der Waals surface area contributed by atoms with Gasteiger partial charge in [0.2, 0.25) is 0 Å². The van der Waals surface area contributed by atoms with Gasteiger partial charge in [-0.3, -0.25) is 0 Å². The SMILES string of the molecule is COC1=CNCC(CC2CCNCC2)=C1. The van der Waals surface area contributed by atoms with Crippen molar-refractivity contribution in [2.24, 2.45) is 5.92 Å². The molecular weight excluding hydrogens is 188 g/mol. The number of ether oxygens (including phenoxy) is 1. The fraction of sp³-hybridized carbons (Fsp3) is 0.667. The quantitative estimate of drug-likeness (QED) is 0.735. The molecule has 1 saturated heterocycles. The summed E-state index contributed by atoms with van der Waals surface area (Å²) in [4.78, 5) is 0. The zero-order chi connectivity index (χ0) is 10.5. The number of methoxy groups -OCH3 is 1. The van der Waals surface area contributed by atoms with E-state index in [1.54, 1.807) is 7.11 Å². The molecule has 2 rings (SSSR count). The molecule has 0 bridgehead atoms. The van der Waals surface area contributed by atoms with Crippen LogP contribution in [0.25, 0.3) is 0 Å². The average Bonchev–Trinajstić information content (AvgIpc) is 2.31. The van der Waals surface area contributed by atoms with E-state index in [4.69, 9.17) is 4.74 Å². The highest BCUT2D eigenvalue weighted by Gasteiger charge is 2.15. The largest absolute Gasteiger partial charge is 0.495 e. The topological polar surface area (TPSA) is 33.3 Å². The highest BCUT2D eigenvalue weighted by atomic mass is 16.5. The molecule has 2 heterocycles. The van der Waals surface area contributed by atoms with Crippen LogP contribution in [0.1, 0.15) is 19.3 Å². The van der Waals surface area contributed by atoms with Gasteiger partial charge in [0.05, 0.1) is 7.11 Å². The van der Waals surface area contributed by atoms with Crippen molar-refractivity contribution in [3.8, 4) is 0 Å². The van der Waals surface area contributed by atoms with Gasteiger partial charge in [-0.2, -0.15) is 0 Å². The molecule has 3 heteroatoms. The van der Waals surface area contributed by atoms with Crippen LogP contribution in [0, 0.1) is 5.92 Å². The maximum absolute atomic E-state index is 5.22. The normalized spacial score (nSPS) is 22.7. The Hall–Kier alpha value is -0.960. The summed E-state index contributed by atoms with van der Waals surface area (Å²) < 4.78 is 5.22. The second-order valence-corrected chi connectivity index (χ2v) is 4.33.